The lowest BCUT2D eigenvalue weighted by Gasteiger charge is -2.50. The van der Waals surface area contributed by atoms with E-state index < -0.39 is 69.6 Å². The molecule has 39 heavy (non-hydrogen) atoms. The van der Waals surface area contributed by atoms with Gasteiger partial charge in [-0.1, -0.05) is 20.8 Å². The minimum absolute atomic E-state index is 0.0205. The molecule has 0 heterocycles. The number of halogens is 1. The molecule has 10 nitrogen and oxygen atoms in total. The summed E-state index contributed by atoms with van der Waals surface area (Å²) in [5, 5.41) is 44.9. The number of aromatic hydroxyl groups is 1. The molecule has 0 fully saturated rings. The molecule has 212 valence electrons. The number of aliphatic hydroxyl groups is 3. The molecule has 0 saturated carbocycles. The lowest BCUT2D eigenvalue weighted by Crippen LogP contribution is -2.63. The second kappa shape index (κ2) is 9.42. The first-order valence-corrected chi connectivity index (χ1v) is 12.8. The van der Waals surface area contributed by atoms with Crippen molar-refractivity contribution >= 4 is 17.5 Å². The normalized spacial score (nSPS) is 27.2. The third-order valence-corrected chi connectivity index (χ3v) is 7.93. The van der Waals surface area contributed by atoms with E-state index >= 15 is 4.39 Å². The summed E-state index contributed by atoms with van der Waals surface area (Å²) in [4.78, 5) is 42.5. The van der Waals surface area contributed by atoms with Crippen LogP contribution in [0, 0.1) is 23.1 Å². The number of ketones is 2. The number of hydrogen-bond donors (Lipinski definition) is 5. The molecule has 3 aliphatic carbocycles. The summed E-state index contributed by atoms with van der Waals surface area (Å²) >= 11 is 0. The van der Waals surface area contributed by atoms with Crippen LogP contribution in [0.1, 0.15) is 48.7 Å². The highest BCUT2D eigenvalue weighted by Crippen LogP contribution is 2.52. The molecule has 1 aromatic carbocycles. The van der Waals surface area contributed by atoms with Gasteiger partial charge in [0.2, 0.25) is 5.78 Å². The standard InChI is InChI=1S/C28H36FN3O7/c1-27(2,3)11-32(6)10-13-9-16(29)14-7-12-8-15-20(31(4)5)23(35)19(26(30)38)25(37)28(15,39)24(36)17(12)22(34)18(14)21(13)33/h9,12,15,20,33,35-36,39H,7-8,10-11H2,1-6H3,(H2,30,38)/t12-,15-,20-,28-/m0/s1. The predicted molar refractivity (Wildman–Crippen MR) is 139 cm³/mol. The van der Waals surface area contributed by atoms with Gasteiger partial charge < -0.3 is 31.1 Å². The zero-order valence-electron chi connectivity index (χ0n) is 23.0. The second-order valence-electron chi connectivity index (χ2n) is 12.4. The van der Waals surface area contributed by atoms with Crippen molar-refractivity contribution < 1.29 is 39.2 Å². The molecule has 4 atom stereocenters. The maximum atomic E-state index is 15.4. The first-order chi connectivity index (χ1) is 17.9. The fourth-order valence-corrected chi connectivity index (χ4v) is 6.60. The Morgan fingerprint density at radius 2 is 1.79 bits per heavy atom. The summed E-state index contributed by atoms with van der Waals surface area (Å²) in [7, 11) is 4.90. The Morgan fingerprint density at radius 3 is 2.33 bits per heavy atom. The lowest BCUT2D eigenvalue weighted by atomic mass is 9.58. The number of nitrogens with two attached hydrogens (primary N) is 1. The minimum Gasteiger partial charge on any atom is -0.510 e. The van der Waals surface area contributed by atoms with Gasteiger partial charge in [-0.3, -0.25) is 19.3 Å². The highest BCUT2D eigenvalue weighted by molar-refractivity contribution is 6.24. The number of nitrogens with zero attached hydrogens (tertiary/aromatic N) is 2. The third-order valence-electron chi connectivity index (χ3n) is 7.93. The van der Waals surface area contributed by atoms with Gasteiger partial charge in [-0.15, -0.1) is 0 Å². The first kappa shape index (κ1) is 28.7. The van der Waals surface area contributed by atoms with E-state index in [0.717, 1.165) is 0 Å². The van der Waals surface area contributed by atoms with Crippen LogP contribution in [0.5, 0.6) is 5.75 Å². The van der Waals surface area contributed by atoms with Crippen LogP contribution in [-0.4, -0.2) is 87.0 Å². The number of phenols is 1. The fourth-order valence-electron chi connectivity index (χ4n) is 6.60. The first-order valence-electron chi connectivity index (χ1n) is 12.8. The van der Waals surface area contributed by atoms with Crippen molar-refractivity contribution in [2.75, 3.05) is 27.7 Å². The van der Waals surface area contributed by atoms with Crippen LogP contribution < -0.4 is 5.73 Å². The Hall–Kier alpha value is -3.28. The number of likely N-dealkylation sites (N-methyl/N-ethyl adjacent to an activating group) is 1. The number of allylic oxidation sites excluding steroid dienone is 1. The van der Waals surface area contributed by atoms with E-state index in [1.807, 2.05) is 25.7 Å². The van der Waals surface area contributed by atoms with Gasteiger partial charge in [-0.2, -0.15) is 0 Å². The second-order valence-corrected chi connectivity index (χ2v) is 12.4. The number of phenolic OH excluding ortho intramolecular Hbond substituents is 1. The maximum Gasteiger partial charge on any atom is 0.255 e. The number of fused-ring (bicyclic) bond motifs is 3. The Labute approximate surface area is 226 Å². The molecule has 0 spiro atoms. The van der Waals surface area contributed by atoms with Gasteiger partial charge in [0.15, 0.2) is 11.4 Å². The summed E-state index contributed by atoms with van der Waals surface area (Å²) in [6.07, 6.45) is -0.186. The molecule has 0 aromatic heterocycles. The van der Waals surface area contributed by atoms with Crippen molar-refractivity contribution in [2.24, 2.45) is 23.0 Å². The molecular weight excluding hydrogens is 509 g/mol. The van der Waals surface area contributed by atoms with Crippen LogP contribution in [0.4, 0.5) is 4.39 Å². The summed E-state index contributed by atoms with van der Waals surface area (Å²) in [5.41, 5.74) is 1.18. The summed E-state index contributed by atoms with van der Waals surface area (Å²) < 4.78 is 15.4. The molecule has 0 radical (unpaired) electrons. The molecule has 1 amide bonds. The van der Waals surface area contributed by atoms with E-state index in [2.05, 4.69) is 0 Å². The zero-order valence-corrected chi connectivity index (χ0v) is 23.0. The number of hydrogen-bond acceptors (Lipinski definition) is 9. The smallest absolute Gasteiger partial charge is 0.255 e. The zero-order chi connectivity index (χ0) is 29.4. The molecular formula is C28H36FN3O7. The Morgan fingerprint density at radius 1 is 1.18 bits per heavy atom. The number of amides is 1. The fraction of sp³-hybridized carbons (Fsp3) is 0.536. The van der Waals surface area contributed by atoms with Crippen LogP contribution in [0.25, 0.3) is 0 Å². The van der Waals surface area contributed by atoms with Crippen molar-refractivity contribution in [3.05, 3.63) is 51.2 Å². The van der Waals surface area contributed by atoms with Crippen molar-refractivity contribution in [3.63, 3.8) is 0 Å². The number of benzene rings is 1. The van der Waals surface area contributed by atoms with Crippen molar-refractivity contribution in [2.45, 2.75) is 51.8 Å². The topological polar surface area (TPSA) is 165 Å². The van der Waals surface area contributed by atoms with E-state index in [1.165, 1.54) is 11.0 Å². The maximum absolute atomic E-state index is 15.4. The molecule has 0 unspecified atom stereocenters. The largest absolute Gasteiger partial charge is 0.510 e. The minimum atomic E-state index is -2.73. The van der Waals surface area contributed by atoms with Gasteiger partial charge in [0.1, 0.15) is 28.7 Å². The van der Waals surface area contributed by atoms with Crippen molar-refractivity contribution in [1.82, 2.24) is 9.80 Å². The van der Waals surface area contributed by atoms with E-state index in [1.54, 1.807) is 21.1 Å². The summed E-state index contributed by atoms with van der Waals surface area (Å²) in [6, 6.07) is 0.101. The number of aliphatic hydroxyl groups excluding tert-OH is 2. The quantitative estimate of drug-likeness (QED) is 0.347. The molecule has 0 saturated heterocycles. The Kier molecular flexibility index (Phi) is 6.94. The van der Waals surface area contributed by atoms with Gasteiger partial charge in [0, 0.05) is 35.7 Å². The highest BCUT2D eigenvalue weighted by atomic mass is 19.1. The number of rotatable bonds is 5. The molecule has 11 heteroatoms. The van der Waals surface area contributed by atoms with Crippen LogP contribution in [0.3, 0.4) is 0 Å². The van der Waals surface area contributed by atoms with Crippen LogP contribution in [-0.2, 0) is 22.6 Å². The van der Waals surface area contributed by atoms with Gasteiger partial charge in [0.05, 0.1) is 11.6 Å². The van der Waals surface area contributed by atoms with Crippen LogP contribution >= 0.6 is 0 Å². The van der Waals surface area contributed by atoms with Gasteiger partial charge in [0.25, 0.3) is 5.91 Å². The monoisotopic (exact) mass is 545 g/mol. The van der Waals surface area contributed by atoms with E-state index in [-0.39, 0.29) is 47.1 Å². The third kappa shape index (κ3) is 4.42. The van der Waals surface area contributed by atoms with Crippen molar-refractivity contribution in [1.29, 1.82) is 0 Å². The van der Waals surface area contributed by atoms with Crippen molar-refractivity contribution in [3.8, 4) is 5.75 Å². The number of carbonyl (C=O) groups is 3. The molecule has 4 rings (SSSR count). The predicted octanol–water partition coefficient (Wildman–Crippen LogP) is 1.74. The highest BCUT2D eigenvalue weighted by Gasteiger charge is 2.63. The Balaban J connectivity index is 1.86. The molecule has 1 aromatic rings. The van der Waals surface area contributed by atoms with Gasteiger partial charge >= 0.3 is 0 Å². The molecule has 6 N–H and O–H groups in total. The number of primary amides is 1. The number of carbonyl (C=O) groups excluding carboxylic acids is 3. The SMILES string of the molecule is CN(Cc1cc(F)c2c(c1O)C(=O)C1=C(O)[C@]3(O)C(=O)C(C(N)=O)=C(O)[C@@H](N(C)C)[C@@H]3C[C@@H]1C2)CC(C)(C)C. The van der Waals surface area contributed by atoms with Crippen LogP contribution in [0.15, 0.2) is 28.7 Å². The Bertz CT molecular complexity index is 1340. The van der Waals surface area contributed by atoms with Gasteiger partial charge in [-0.05, 0) is 51.4 Å². The molecule has 0 aliphatic heterocycles. The summed E-state index contributed by atoms with van der Waals surface area (Å²) in [6.45, 7) is 6.86. The van der Waals surface area contributed by atoms with Crippen LogP contribution in [0.2, 0.25) is 0 Å². The van der Waals surface area contributed by atoms with E-state index in [4.69, 9.17) is 5.73 Å². The van der Waals surface area contributed by atoms with Gasteiger partial charge in [-0.25, -0.2) is 4.39 Å². The molecule has 3 aliphatic rings. The lowest BCUT2D eigenvalue weighted by molar-refractivity contribution is -0.148. The average molecular weight is 546 g/mol. The number of Topliss-reactive ketones (excluding diaryl/α,β-unsaturated/α-hetero) is 2. The molecule has 0 bridgehead atoms. The summed E-state index contributed by atoms with van der Waals surface area (Å²) in [5.74, 6) is -8.23. The van der Waals surface area contributed by atoms with E-state index in [0.29, 0.717) is 6.54 Å². The average Bonchev–Trinajstić information content (AvgIpc) is 2.77. The van der Waals surface area contributed by atoms with E-state index in [9.17, 15) is 34.8 Å².